The van der Waals surface area contributed by atoms with E-state index in [1.807, 2.05) is 6.08 Å². The second kappa shape index (κ2) is 5.06. The predicted octanol–water partition coefficient (Wildman–Crippen LogP) is 2.00. The van der Waals surface area contributed by atoms with Crippen LogP contribution in [0.4, 0.5) is 0 Å². The lowest BCUT2D eigenvalue weighted by Gasteiger charge is -2.59. The first-order valence-corrected chi connectivity index (χ1v) is 9.59. The van der Waals surface area contributed by atoms with Crippen LogP contribution in [0.1, 0.15) is 59.3 Å². The minimum atomic E-state index is -1.09. The third-order valence-electron chi connectivity index (χ3n) is 8.78. The van der Waals surface area contributed by atoms with Crippen molar-refractivity contribution >= 4 is 0 Å². The Hall–Kier alpha value is -0.420. The lowest BCUT2D eigenvalue weighted by atomic mass is 9.46. The SMILES string of the molecule is C[C@]12CC[C@@H](O)CC1=C[C@H](O)[C@@H]1[C@@H]2CC[C@@]2(C)[C@H]1C[C@@H](O)[C@]2(C)O. The van der Waals surface area contributed by atoms with Gasteiger partial charge in [0.15, 0.2) is 0 Å². The summed E-state index contributed by atoms with van der Waals surface area (Å²) in [5.41, 5.74) is -0.159. The second-order valence-corrected chi connectivity index (χ2v) is 9.64. The van der Waals surface area contributed by atoms with Crippen LogP contribution in [-0.2, 0) is 0 Å². The van der Waals surface area contributed by atoms with E-state index in [1.54, 1.807) is 6.92 Å². The molecule has 0 aromatic carbocycles. The molecule has 0 aliphatic heterocycles. The Balaban J connectivity index is 1.75. The standard InChI is InChI=1S/C20H32O4/c1-18-6-4-12(21)8-11(18)9-15(22)17-13(18)5-7-19(2)14(17)10-16(23)20(19,3)24/h9,12-17,21-24H,4-8,10H2,1-3H3/t12-,13+,14+,15+,16-,17-,18+,19+,20+/m1/s1. The Bertz CT molecular complexity index is 570. The normalized spacial score (nSPS) is 60.0. The topological polar surface area (TPSA) is 80.9 Å². The average molecular weight is 336 g/mol. The van der Waals surface area contributed by atoms with Crippen LogP contribution in [-0.4, -0.2) is 44.3 Å². The van der Waals surface area contributed by atoms with E-state index in [0.717, 1.165) is 25.7 Å². The molecule has 3 fully saturated rings. The van der Waals surface area contributed by atoms with E-state index in [9.17, 15) is 20.4 Å². The summed E-state index contributed by atoms with van der Waals surface area (Å²) in [6.45, 7) is 6.18. The van der Waals surface area contributed by atoms with Gasteiger partial charge in [0.2, 0.25) is 0 Å². The molecule has 3 saturated carbocycles. The van der Waals surface area contributed by atoms with E-state index >= 15 is 0 Å². The van der Waals surface area contributed by atoms with Crippen molar-refractivity contribution in [3.05, 3.63) is 11.6 Å². The van der Waals surface area contributed by atoms with Crippen molar-refractivity contribution < 1.29 is 20.4 Å². The van der Waals surface area contributed by atoms with E-state index in [0.29, 0.717) is 18.8 Å². The number of rotatable bonds is 0. The van der Waals surface area contributed by atoms with Crippen molar-refractivity contribution in [2.45, 2.75) is 83.2 Å². The number of aliphatic hydroxyl groups is 4. The average Bonchev–Trinajstić information content (AvgIpc) is 2.68. The molecular weight excluding hydrogens is 304 g/mol. The molecule has 4 heteroatoms. The molecule has 4 rings (SSSR count). The van der Waals surface area contributed by atoms with Crippen LogP contribution in [0.2, 0.25) is 0 Å². The van der Waals surface area contributed by atoms with Gasteiger partial charge in [-0.3, -0.25) is 0 Å². The van der Waals surface area contributed by atoms with Crippen LogP contribution in [0.25, 0.3) is 0 Å². The van der Waals surface area contributed by atoms with Crippen molar-refractivity contribution in [3.63, 3.8) is 0 Å². The van der Waals surface area contributed by atoms with Crippen LogP contribution < -0.4 is 0 Å². The predicted molar refractivity (Wildman–Crippen MR) is 91.1 cm³/mol. The summed E-state index contributed by atoms with van der Waals surface area (Å²) < 4.78 is 0. The quantitative estimate of drug-likeness (QED) is 0.510. The van der Waals surface area contributed by atoms with Gasteiger partial charge in [-0.15, -0.1) is 0 Å². The molecule has 0 saturated heterocycles. The third-order valence-corrected chi connectivity index (χ3v) is 8.78. The first kappa shape index (κ1) is 17.0. The zero-order chi connectivity index (χ0) is 17.5. The summed E-state index contributed by atoms with van der Waals surface area (Å²) in [5.74, 6) is 0.605. The third kappa shape index (κ3) is 1.94. The Morgan fingerprint density at radius 2 is 1.71 bits per heavy atom. The molecule has 4 N–H and O–H groups in total. The van der Waals surface area contributed by atoms with Gasteiger partial charge in [-0.1, -0.05) is 25.5 Å². The Morgan fingerprint density at radius 1 is 1.00 bits per heavy atom. The van der Waals surface area contributed by atoms with Crippen molar-refractivity contribution in [1.29, 1.82) is 0 Å². The summed E-state index contributed by atoms with van der Waals surface area (Å²) >= 11 is 0. The summed E-state index contributed by atoms with van der Waals surface area (Å²) in [7, 11) is 0. The number of aliphatic hydroxyl groups excluding tert-OH is 3. The fourth-order valence-electron chi connectivity index (χ4n) is 6.87. The minimum Gasteiger partial charge on any atom is -0.393 e. The smallest absolute Gasteiger partial charge is 0.0933 e. The first-order chi connectivity index (χ1) is 11.1. The van der Waals surface area contributed by atoms with E-state index in [1.165, 1.54) is 5.57 Å². The van der Waals surface area contributed by atoms with Gasteiger partial charge < -0.3 is 20.4 Å². The molecule has 4 aliphatic carbocycles. The maximum Gasteiger partial charge on any atom is 0.0933 e. The van der Waals surface area contributed by atoms with Crippen molar-refractivity contribution in [3.8, 4) is 0 Å². The molecule has 0 radical (unpaired) electrons. The van der Waals surface area contributed by atoms with Gasteiger partial charge in [-0.25, -0.2) is 0 Å². The second-order valence-electron chi connectivity index (χ2n) is 9.64. The molecule has 0 spiro atoms. The molecule has 0 heterocycles. The van der Waals surface area contributed by atoms with Gasteiger partial charge in [0.05, 0.1) is 23.9 Å². The molecule has 0 unspecified atom stereocenters. The summed E-state index contributed by atoms with van der Waals surface area (Å²) in [5, 5.41) is 42.4. The molecular formula is C20H32O4. The largest absolute Gasteiger partial charge is 0.393 e. The monoisotopic (exact) mass is 336 g/mol. The fourth-order valence-corrected chi connectivity index (χ4v) is 6.87. The molecule has 0 aromatic rings. The van der Waals surface area contributed by atoms with E-state index in [4.69, 9.17) is 0 Å². The Labute approximate surface area is 144 Å². The van der Waals surface area contributed by atoms with E-state index in [-0.39, 0.29) is 28.8 Å². The minimum absolute atomic E-state index is 0.0455. The molecule has 0 aromatic heterocycles. The van der Waals surface area contributed by atoms with Gasteiger partial charge in [0, 0.05) is 5.41 Å². The number of hydrogen-bond donors (Lipinski definition) is 4. The van der Waals surface area contributed by atoms with Crippen molar-refractivity contribution in [1.82, 2.24) is 0 Å². The van der Waals surface area contributed by atoms with E-state index < -0.39 is 17.8 Å². The van der Waals surface area contributed by atoms with E-state index in [2.05, 4.69) is 13.8 Å². The first-order valence-electron chi connectivity index (χ1n) is 9.59. The van der Waals surface area contributed by atoms with Crippen molar-refractivity contribution in [2.75, 3.05) is 0 Å². The Kier molecular flexibility index (Phi) is 3.59. The highest BCUT2D eigenvalue weighted by Crippen LogP contribution is 2.66. The van der Waals surface area contributed by atoms with Gasteiger partial charge >= 0.3 is 0 Å². The van der Waals surface area contributed by atoms with Crippen LogP contribution in [0.15, 0.2) is 11.6 Å². The summed E-state index contributed by atoms with van der Waals surface area (Å²) in [4.78, 5) is 0. The fraction of sp³-hybridized carbons (Fsp3) is 0.900. The van der Waals surface area contributed by atoms with Gasteiger partial charge in [-0.05, 0) is 68.6 Å². The van der Waals surface area contributed by atoms with Gasteiger partial charge in [0.25, 0.3) is 0 Å². The molecule has 4 aliphatic rings. The highest BCUT2D eigenvalue weighted by Gasteiger charge is 2.66. The summed E-state index contributed by atoms with van der Waals surface area (Å²) in [6, 6.07) is 0. The van der Waals surface area contributed by atoms with Crippen LogP contribution in [0.3, 0.4) is 0 Å². The number of fused-ring (bicyclic) bond motifs is 5. The van der Waals surface area contributed by atoms with Crippen LogP contribution in [0, 0.1) is 28.6 Å². The van der Waals surface area contributed by atoms with Gasteiger partial charge in [0.1, 0.15) is 0 Å². The zero-order valence-electron chi connectivity index (χ0n) is 15.1. The molecule has 24 heavy (non-hydrogen) atoms. The zero-order valence-corrected chi connectivity index (χ0v) is 15.1. The highest BCUT2D eigenvalue weighted by atomic mass is 16.3. The van der Waals surface area contributed by atoms with Gasteiger partial charge in [-0.2, -0.15) is 0 Å². The van der Waals surface area contributed by atoms with Crippen molar-refractivity contribution in [2.24, 2.45) is 28.6 Å². The molecule has 0 amide bonds. The van der Waals surface area contributed by atoms with Crippen LogP contribution in [0.5, 0.6) is 0 Å². The maximum atomic E-state index is 10.9. The molecule has 4 nitrogen and oxygen atoms in total. The molecule has 136 valence electrons. The lowest BCUT2D eigenvalue weighted by Crippen LogP contribution is -2.57. The summed E-state index contributed by atoms with van der Waals surface area (Å²) in [6.07, 6.45) is 5.38. The van der Waals surface area contributed by atoms with Crippen LogP contribution >= 0.6 is 0 Å². The molecule has 9 atom stereocenters. The molecule has 0 bridgehead atoms. The number of hydrogen-bond acceptors (Lipinski definition) is 4. The highest BCUT2D eigenvalue weighted by molar-refractivity contribution is 5.29. The Morgan fingerprint density at radius 3 is 2.42 bits per heavy atom. The maximum absolute atomic E-state index is 10.9. The lowest BCUT2D eigenvalue weighted by molar-refractivity contribution is -0.153.